The molecule has 1 saturated carbocycles. The van der Waals surface area contributed by atoms with Crippen LogP contribution in [0.5, 0.6) is 11.8 Å². The Labute approximate surface area is 206 Å². The quantitative estimate of drug-likeness (QED) is 0.433. The van der Waals surface area contributed by atoms with Crippen molar-refractivity contribution in [2.45, 2.75) is 61.9 Å². The highest BCUT2D eigenvalue weighted by molar-refractivity contribution is 7.92. The summed E-state index contributed by atoms with van der Waals surface area (Å²) in [5, 5.41) is -0.330. The molecule has 3 aromatic rings. The average molecular weight is 521 g/mol. The van der Waals surface area contributed by atoms with Crippen molar-refractivity contribution in [2.75, 3.05) is 4.72 Å². The monoisotopic (exact) mass is 520 g/mol. The molecule has 2 aliphatic heterocycles. The smallest absolute Gasteiger partial charge is 0.418 e. The molecule has 12 heteroatoms. The summed E-state index contributed by atoms with van der Waals surface area (Å²) in [5.74, 6) is -0.117. The summed E-state index contributed by atoms with van der Waals surface area (Å²) in [6, 6.07) is 9.03. The number of sulfonamides is 1. The molecule has 1 aliphatic carbocycles. The number of nitrogens with zero attached hydrogens (tertiary/aromatic N) is 3. The van der Waals surface area contributed by atoms with Crippen LogP contribution in [-0.4, -0.2) is 35.6 Å². The van der Waals surface area contributed by atoms with Crippen LogP contribution in [0.15, 0.2) is 53.7 Å². The number of fused-ring (bicyclic) bond motifs is 5. The van der Waals surface area contributed by atoms with E-state index in [-0.39, 0.29) is 40.4 Å². The molecule has 5 heterocycles. The van der Waals surface area contributed by atoms with Gasteiger partial charge in [0.05, 0.1) is 16.8 Å². The maximum Gasteiger partial charge on any atom is 0.418 e. The third-order valence-electron chi connectivity index (χ3n) is 6.11. The fourth-order valence-electron chi connectivity index (χ4n) is 4.42. The molecule has 6 rings (SSSR count). The van der Waals surface area contributed by atoms with Crippen molar-refractivity contribution in [3.63, 3.8) is 0 Å². The van der Waals surface area contributed by atoms with Crippen LogP contribution in [0.3, 0.4) is 0 Å². The normalized spacial score (nSPS) is 21.6. The zero-order valence-corrected chi connectivity index (χ0v) is 19.8. The van der Waals surface area contributed by atoms with E-state index in [0.717, 1.165) is 25.0 Å². The third kappa shape index (κ3) is 5.23. The molecule has 1 fully saturated rings. The molecule has 0 spiro atoms. The van der Waals surface area contributed by atoms with Crippen molar-refractivity contribution >= 4 is 15.8 Å². The Morgan fingerprint density at radius 1 is 0.889 bits per heavy atom. The standard InChI is InChI=1S/C24H23F3N4O4S/c25-24(26,27)18-12-13-19-29-22(18)17-9-4-14-28-23(17)35-16-7-1-5-15(6-2-8-16)34-20-10-3-11-21(30-20)36(32,33)31-19/h3-4,9-16H,1-2,5-8H2,(H,29,31)/t15-,16+. The van der Waals surface area contributed by atoms with Crippen LogP contribution >= 0.6 is 0 Å². The molecule has 6 bridgehead atoms. The summed E-state index contributed by atoms with van der Waals surface area (Å²) in [5.41, 5.74) is -1.49. The molecule has 0 atom stereocenters. The number of anilines is 1. The first kappa shape index (κ1) is 24.3. The first-order valence-electron chi connectivity index (χ1n) is 11.6. The van der Waals surface area contributed by atoms with Gasteiger partial charge in [0.25, 0.3) is 10.0 Å². The van der Waals surface area contributed by atoms with E-state index < -0.39 is 27.5 Å². The summed E-state index contributed by atoms with van der Waals surface area (Å²) in [4.78, 5) is 12.4. The zero-order valence-electron chi connectivity index (χ0n) is 19.0. The molecular formula is C24H23F3N4O4S. The largest absolute Gasteiger partial charge is 0.474 e. The highest BCUT2D eigenvalue weighted by Gasteiger charge is 2.36. The molecule has 0 amide bonds. The van der Waals surface area contributed by atoms with Gasteiger partial charge in [0.1, 0.15) is 18.0 Å². The Kier molecular flexibility index (Phi) is 6.45. The van der Waals surface area contributed by atoms with Crippen molar-refractivity contribution in [1.82, 2.24) is 15.0 Å². The van der Waals surface area contributed by atoms with Gasteiger partial charge in [0.15, 0.2) is 5.03 Å². The number of alkyl halides is 3. The van der Waals surface area contributed by atoms with Gasteiger partial charge in [0, 0.05) is 12.3 Å². The fraction of sp³-hybridized carbons (Fsp3) is 0.375. The van der Waals surface area contributed by atoms with Crippen molar-refractivity contribution in [2.24, 2.45) is 0 Å². The number of hydrogen-bond donors (Lipinski definition) is 1. The van der Waals surface area contributed by atoms with E-state index in [0.29, 0.717) is 25.7 Å². The Hall–Kier alpha value is -3.41. The van der Waals surface area contributed by atoms with E-state index in [1.165, 1.54) is 30.5 Å². The maximum absolute atomic E-state index is 13.9. The van der Waals surface area contributed by atoms with Gasteiger partial charge < -0.3 is 9.47 Å². The average Bonchev–Trinajstić information content (AvgIpc) is 2.81. The first-order chi connectivity index (χ1) is 17.2. The molecule has 36 heavy (non-hydrogen) atoms. The van der Waals surface area contributed by atoms with E-state index >= 15 is 0 Å². The van der Waals surface area contributed by atoms with Gasteiger partial charge in [0.2, 0.25) is 11.8 Å². The van der Waals surface area contributed by atoms with E-state index in [4.69, 9.17) is 9.47 Å². The Morgan fingerprint density at radius 2 is 1.61 bits per heavy atom. The second-order valence-corrected chi connectivity index (χ2v) is 10.3. The molecule has 3 aromatic heterocycles. The lowest BCUT2D eigenvalue weighted by atomic mass is 9.96. The fourth-order valence-corrected chi connectivity index (χ4v) is 5.38. The molecule has 0 unspecified atom stereocenters. The van der Waals surface area contributed by atoms with Gasteiger partial charge >= 0.3 is 6.18 Å². The van der Waals surface area contributed by atoms with Gasteiger partial charge in [-0.25, -0.2) is 9.97 Å². The summed E-state index contributed by atoms with van der Waals surface area (Å²) >= 11 is 0. The molecule has 0 saturated heterocycles. The van der Waals surface area contributed by atoms with Crippen LogP contribution in [0.25, 0.3) is 11.3 Å². The highest BCUT2D eigenvalue weighted by atomic mass is 32.2. The van der Waals surface area contributed by atoms with Crippen LogP contribution in [0.4, 0.5) is 19.0 Å². The van der Waals surface area contributed by atoms with Crippen LogP contribution in [0.1, 0.15) is 44.1 Å². The SMILES string of the molecule is O=S1(=O)Nc2ccc(C(F)(F)F)c(n2)-c2cccnc2O[C@H]2CCC[C@H](CCC2)Oc2cccc1n2. The highest BCUT2D eigenvalue weighted by Crippen LogP contribution is 2.40. The first-order valence-corrected chi connectivity index (χ1v) is 13.0. The van der Waals surface area contributed by atoms with E-state index in [2.05, 4.69) is 19.7 Å². The summed E-state index contributed by atoms with van der Waals surface area (Å²) in [6.45, 7) is 0. The van der Waals surface area contributed by atoms with Crippen molar-refractivity contribution in [3.05, 3.63) is 54.2 Å². The number of ether oxygens (including phenoxy) is 2. The molecule has 1 N–H and O–H groups in total. The van der Waals surface area contributed by atoms with E-state index in [1.54, 1.807) is 6.07 Å². The van der Waals surface area contributed by atoms with Gasteiger partial charge in [-0.15, -0.1) is 0 Å². The van der Waals surface area contributed by atoms with Gasteiger partial charge in [-0.3, -0.25) is 4.72 Å². The number of halogens is 3. The minimum atomic E-state index is -4.74. The van der Waals surface area contributed by atoms with Crippen molar-refractivity contribution < 1.29 is 31.1 Å². The Balaban J connectivity index is 1.67. The summed E-state index contributed by atoms with van der Waals surface area (Å²) in [6.07, 6.45) is 0.540. The maximum atomic E-state index is 13.9. The number of hydrogen-bond acceptors (Lipinski definition) is 7. The predicted octanol–water partition coefficient (Wildman–Crippen LogP) is 5.22. The van der Waals surface area contributed by atoms with Crippen LogP contribution in [-0.2, 0) is 16.2 Å². The zero-order chi connectivity index (χ0) is 25.3. The molecule has 0 aromatic carbocycles. The lowest BCUT2D eigenvalue weighted by Crippen LogP contribution is -2.25. The lowest BCUT2D eigenvalue weighted by Gasteiger charge is -2.26. The Bertz CT molecular complexity index is 1360. The molecule has 190 valence electrons. The predicted molar refractivity (Wildman–Crippen MR) is 124 cm³/mol. The van der Waals surface area contributed by atoms with Crippen molar-refractivity contribution in [1.29, 1.82) is 0 Å². The van der Waals surface area contributed by atoms with E-state index in [9.17, 15) is 21.6 Å². The topological polar surface area (TPSA) is 103 Å². The van der Waals surface area contributed by atoms with E-state index in [1.807, 2.05) is 0 Å². The lowest BCUT2D eigenvalue weighted by molar-refractivity contribution is -0.137. The van der Waals surface area contributed by atoms with Gasteiger partial charge in [-0.2, -0.15) is 26.6 Å². The van der Waals surface area contributed by atoms with Crippen LogP contribution in [0, 0.1) is 0 Å². The second kappa shape index (κ2) is 9.57. The minimum absolute atomic E-state index is 0.0199. The Morgan fingerprint density at radius 3 is 2.33 bits per heavy atom. The number of pyridine rings is 3. The van der Waals surface area contributed by atoms with Crippen LogP contribution in [0.2, 0.25) is 0 Å². The molecular weight excluding hydrogens is 497 g/mol. The summed E-state index contributed by atoms with van der Waals surface area (Å²) in [7, 11) is -4.27. The van der Waals surface area contributed by atoms with Gasteiger partial charge in [-0.1, -0.05) is 6.07 Å². The number of rotatable bonds is 0. The number of nitrogens with one attached hydrogen (secondary N) is 1. The number of aromatic nitrogens is 3. The molecule has 8 nitrogen and oxygen atoms in total. The second-order valence-electron chi connectivity index (χ2n) is 8.71. The molecule has 3 aliphatic rings. The molecule has 0 radical (unpaired) electrons. The minimum Gasteiger partial charge on any atom is -0.474 e. The van der Waals surface area contributed by atoms with Crippen LogP contribution < -0.4 is 14.2 Å². The third-order valence-corrected chi connectivity index (χ3v) is 7.37. The van der Waals surface area contributed by atoms with Gasteiger partial charge in [-0.05, 0) is 68.9 Å². The van der Waals surface area contributed by atoms with Crippen molar-refractivity contribution in [3.8, 4) is 23.0 Å². The summed E-state index contributed by atoms with van der Waals surface area (Å²) < 4.78 is 82.2.